The van der Waals surface area contributed by atoms with E-state index in [2.05, 4.69) is 454 Å². The summed E-state index contributed by atoms with van der Waals surface area (Å²) < 4.78 is 0. The number of para-hydroxylation sites is 10. The van der Waals surface area contributed by atoms with Gasteiger partial charge in [-0.15, -0.1) is 0 Å². The minimum atomic E-state index is -0.112. The van der Waals surface area contributed by atoms with Crippen LogP contribution in [0.4, 0.5) is 102 Å². The van der Waals surface area contributed by atoms with Gasteiger partial charge in [0.2, 0.25) is 13.4 Å². The summed E-state index contributed by atoms with van der Waals surface area (Å²) >= 11 is 0. The van der Waals surface area contributed by atoms with Crippen LogP contribution < -0.4 is 62.2 Å². The molecule has 0 fully saturated rings. The molecule has 0 atom stereocenters. The van der Waals surface area contributed by atoms with E-state index in [1.807, 2.05) is 0 Å². The van der Waals surface area contributed by atoms with Gasteiger partial charge in [-0.1, -0.05) is 290 Å². The summed E-state index contributed by atoms with van der Waals surface area (Å²) in [7, 11) is 0. The lowest BCUT2D eigenvalue weighted by Gasteiger charge is -2.40. The lowest BCUT2D eigenvalue weighted by molar-refractivity contribution is 1.23. The molecule has 2 aliphatic rings. The molecule has 0 saturated heterocycles. The highest BCUT2D eigenvalue weighted by molar-refractivity contribution is 6.99. The molecule has 20 rings (SSSR count). The van der Waals surface area contributed by atoms with Crippen LogP contribution in [-0.4, -0.2) is 13.4 Å². The third-order valence-electron chi connectivity index (χ3n) is 21.7. The van der Waals surface area contributed by atoms with E-state index >= 15 is 0 Å². The summed E-state index contributed by atoms with van der Waals surface area (Å²) in [5, 5.41) is 7.14. The highest BCUT2D eigenvalue weighted by atomic mass is 15.2. The number of fused-ring (bicyclic) bond motifs is 6. The summed E-state index contributed by atoms with van der Waals surface area (Å²) in [6, 6.07) is 156. The summed E-state index contributed by atoms with van der Waals surface area (Å²) in [4.78, 5) is 14.8. The summed E-state index contributed by atoms with van der Waals surface area (Å²) in [5.74, 6) is 0. The third kappa shape index (κ3) is 11.1. The first-order chi connectivity index (χ1) is 53.6. The average Bonchev–Trinajstić information content (AvgIpc) is 0.688. The number of hydrogen-bond donors (Lipinski definition) is 0. The molecule has 18 aromatic carbocycles. The highest BCUT2D eigenvalue weighted by Gasteiger charge is 2.41. The van der Waals surface area contributed by atoms with Crippen LogP contribution in [-0.2, 0) is 0 Å². The fourth-order valence-electron chi connectivity index (χ4n) is 17.2. The molecule has 2 heterocycles. The van der Waals surface area contributed by atoms with Gasteiger partial charge < -0.3 is 29.4 Å². The molecule has 0 radical (unpaired) electrons. The topological polar surface area (TPSA) is 19.4 Å². The smallest absolute Gasteiger partial charge is 0.246 e. The zero-order valence-corrected chi connectivity index (χ0v) is 59.3. The van der Waals surface area contributed by atoms with Gasteiger partial charge in [-0.2, -0.15) is 0 Å². The monoisotopic (exact) mass is 1380 g/mol. The average molecular weight is 1380 g/mol. The van der Waals surface area contributed by atoms with Crippen molar-refractivity contribution in [1.29, 1.82) is 0 Å². The van der Waals surface area contributed by atoms with Crippen molar-refractivity contribution in [3.8, 4) is 0 Å². The molecule has 0 saturated carbocycles. The standard InChI is InChI=1S/C100H70B2N6/c1-11-35-73(36-12-1)101-91-55-31-33-57-95(91)107(87-67-83(103(75-39-15-3-16-40-75)76-41-17-4-18-42-76)65-84(68-87)104(77-43-19-5-20-44-77)78-45-21-6-22-46-78)99-89-61-60-72-64-94-100(90-62-59-71(63-93(99)101)97(89)98(72)90)108(96-58-34-32-56-92(96)102(94)74-37-13-2-14-38-74)88-69-85(105(79-47-23-7-24-48-79)80-49-25-8-26-50-80)66-86(70-88)106(81-51-27-9-28-52-81)82-53-29-10-30-54-82/h1-70H. The van der Waals surface area contributed by atoms with Crippen molar-refractivity contribution in [1.82, 2.24) is 0 Å². The third-order valence-corrected chi connectivity index (χ3v) is 21.7. The molecule has 0 bridgehead atoms. The number of nitrogens with zero attached hydrogens (tertiary/aromatic N) is 6. The van der Waals surface area contributed by atoms with Crippen molar-refractivity contribution in [3.63, 3.8) is 0 Å². The molecule has 0 amide bonds. The molecule has 6 nitrogen and oxygen atoms in total. The van der Waals surface area contributed by atoms with E-state index in [4.69, 9.17) is 0 Å². The van der Waals surface area contributed by atoms with Gasteiger partial charge in [0.1, 0.15) is 0 Å². The van der Waals surface area contributed by atoms with Crippen LogP contribution in [0.25, 0.3) is 32.3 Å². The van der Waals surface area contributed by atoms with Gasteiger partial charge in [-0.3, -0.25) is 0 Å². The Kier molecular flexibility index (Phi) is 16.0. The summed E-state index contributed by atoms with van der Waals surface area (Å²) in [6.07, 6.45) is 0. The lowest BCUT2D eigenvalue weighted by atomic mass is 9.34. The lowest BCUT2D eigenvalue weighted by Crippen LogP contribution is -2.57. The predicted molar refractivity (Wildman–Crippen MR) is 460 cm³/mol. The van der Waals surface area contributed by atoms with Gasteiger partial charge in [-0.05, 0) is 189 Å². The first-order valence-electron chi connectivity index (χ1n) is 37.2. The fourth-order valence-corrected chi connectivity index (χ4v) is 17.2. The quantitative estimate of drug-likeness (QED) is 0.0704. The van der Waals surface area contributed by atoms with Gasteiger partial charge >= 0.3 is 0 Å². The van der Waals surface area contributed by atoms with Gasteiger partial charge in [-0.25, -0.2) is 0 Å². The molecular weight excluding hydrogens is 1310 g/mol. The van der Waals surface area contributed by atoms with Gasteiger partial charge in [0.25, 0.3) is 0 Å². The Labute approximate surface area is 630 Å². The van der Waals surface area contributed by atoms with Crippen molar-refractivity contribution in [3.05, 3.63) is 425 Å². The van der Waals surface area contributed by atoms with E-state index in [0.29, 0.717) is 0 Å². The van der Waals surface area contributed by atoms with E-state index in [1.165, 1.54) is 65.1 Å². The normalized spacial score (nSPS) is 12.2. The molecule has 0 aliphatic carbocycles. The number of hydrogen-bond acceptors (Lipinski definition) is 6. The molecule has 8 heteroatoms. The number of anilines is 18. The van der Waals surface area contributed by atoms with E-state index in [-0.39, 0.29) is 13.4 Å². The van der Waals surface area contributed by atoms with Crippen LogP contribution >= 0.6 is 0 Å². The van der Waals surface area contributed by atoms with Crippen LogP contribution in [0.2, 0.25) is 0 Å². The molecule has 506 valence electrons. The largest absolute Gasteiger partial charge is 0.311 e. The van der Waals surface area contributed by atoms with Crippen molar-refractivity contribution in [2.24, 2.45) is 0 Å². The minimum absolute atomic E-state index is 0.112. The van der Waals surface area contributed by atoms with Gasteiger partial charge in [0.05, 0.1) is 34.1 Å². The van der Waals surface area contributed by atoms with Crippen LogP contribution in [0.5, 0.6) is 0 Å². The van der Waals surface area contributed by atoms with Crippen LogP contribution in [0.3, 0.4) is 0 Å². The van der Waals surface area contributed by atoms with Crippen molar-refractivity contribution in [2.75, 3.05) is 29.4 Å². The van der Waals surface area contributed by atoms with Gasteiger partial charge in [0, 0.05) is 79.0 Å². The maximum atomic E-state index is 2.61. The molecule has 18 aromatic rings. The minimum Gasteiger partial charge on any atom is -0.311 e. The van der Waals surface area contributed by atoms with E-state index in [0.717, 1.165) is 102 Å². The highest BCUT2D eigenvalue weighted by Crippen LogP contribution is 2.53. The van der Waals surface area contributed by atoms with Crippen LogP contribution in [0.15, 0.2) is 425 Å². The second-order valence-corrected chi connectivity index (χ2v) is 28.0. The van der Waals surface area contributed by atoms with Crippen LogP contribution in [0, 0.1) is 0 Å². The predicted octanol–water partition coefficient (Wildman–Crippen LogP) is 23.1. The molecule has 0 unspecified atom stereocenters. The Hall–Kier alpha value is -14.1. The molecule has 2 aliphatic heterocycles. The van der Waals surface area contributed by atoms with Crippen molar-refractivity contribution >= 4 is 181 Å². The van der Waals surface area contributed by atoms with E-state index in [1.54, 1.807) is 0 Å². The Balaban J connectivity index is 0.890. The van der Waals surface area contributed by atoms with Gasteiger partial charge in [0.15, 0.2) is 0 Å². The molecule has 108 heavy (non-hydrogen) atoms. The van der Waals surface area contributed by atoms with Crippen molar-refractivity contribution < 1.29 is 0 Å². The van der Waals surface area contributed by atoms with E-state index < -0.39 is 0 Å². The van der Waals surface area contributed by atoms with E-state index in [9.17, 15) is 0 Å². The summed E-state index contributed by atoms with van der Waals surface area (Å²) in [5.41, 5.74) is 26.4. The molecular formula is C100H70B2N6. The maximum Gasteiger partial charge on any atom is 0.246 e. The molecule has 0 spiro atoms. The second kappa shape index (κ2) is 27.2. The van der Waals surface area contributed by atoms with Crippen LogP contribution in [0.1, 0.15) is 0 Å². The number of rotatable bonds is 16. The zero-order valence-electron chi connectivity index (χ0n) is 59.3. The molecule has 0 aromatic heterocycles. The first kappa shape index (κ1) is 63.6. The number of benzene rings is 18. The SMILES string of the molecule is c1ccc(B2c3ccccc3N(c3cc(N(c4ccccc4)c4ccccc4)cc(N(c4ccccc4)c4ccccc4)c3)c3c2cc2ccc4c5c(cc6ccc3c2c64)B(c2ccccc2)c2ccccc2N5c2cc(N(c3ccccc3)c3ccccc3)cc(N(c3ccccc3)c3ccccc3)c2)cc1. The maximum absolute atomic E-state index is 2.61. The molecule has 0 N–H and O–H groups in total. The van der Waals surface area contributed by atoms with Crippen molar-refractivity contribution in [2.45, 2.75) is 0 Å². The zero-order chi connectivity index (χ0) is 71.4. The fraction of sp³-hybridized carbons (Fsp3) is 0. The first-order valence-corrected chi connectivity index (χ1v) is 37.2. The Morgan fingerprint density at radius 3 is 0.676 bits per heavy atom. The Morgan fingerprint density at radius 2 is 0.417 bits per heavy atom. The summed E-state index contributed by atoms with van der Waals surface area (Å²) in [6.45, 7) is -0.224. The second-order valence-electron chi connectivity index (χ2n) is 28.0. The Bertz CT molecular complexity index is 5520. The Morgan fingerprint density at radius 1 is 0.185 bits per heavy atom.